The van der Waals surface area contributed by atoms with E-state index in [4.69, 9.17) is 0 Å². The van der Waals surface area contributed by atoms with Crippen LogP contribution < -0.4 is 10.6 Å². The van der Waals surface area contributed by atoms with Crippen LogP contribution in [0.15, 0.2) is 60.0 Å². The molecule has 5 rings (SSSR count). The van der Waals surface area contributed by atoms with Crippen molar-refractivity contribution < 1.29 is 14.4 Å². The summed E-state index contributed by atoms with van der Waals surface area (Å²) in [5, 5.41) is 14.0. The number of H-pyrrole nitrogens is 1. The molecule has 0 radical (unpaired) electrons. The Labute approximate surface area is 191 Å². The lowest BCUT2D eigenvalue weighted by Crippen LogP contribution is -2.24. The number of rotatable bonds is 5. The molecule has 1 aliphatic heterocycles. The smallest absolute Gasteiger partial charge is 0.308 e. The molecule has 3 N–H and O–H groups in total. The van der Waals surface area contributed by atoms with Gasteiger partial charge in [0, 0.05) is 24.2 Å². The minimum absolute atomic E-state index is 0.274. The summed E-state index contributed by atoms with van der Waals surface area (Å²) in [4.78, 5) is 46.1. The summed E-state index contributed by atoms with van der Waals surface area (Å²) in [6.45, 7) is 0. The van der Waals surface area contributed by atoms with Gasteiger partial charge in [0.1, 0.15) is 11.4 Å². The van der Waals surface area contributed by atoms with E-state index < -0.39 is 6.03 Å². The number of carbonyl (C=O) groups excluding carboxylic acids is 3. The van der Waals surface area contributed by atoms with Gasteiger partial charge in [-0.15, -0.1) is 11.8 Å². The summed E-state index contributed by atoms with van der Waals surface area (Å²) in [6, 6.07) is 11.7. The molecule has 4 aromatic rings. The number of amides is 4. The van der Waals surface area contributed by atoms with Gasteiger partial charge in [-0.3, -0.25) is 19.6 Å². The number of hydrogen-bond donors (Lipinski definition) is 3. The fraction of sp³-hybridized carbons (Fsp3) is 0.0909. The third kappa shape index (κ3) is 4.01. The molecule has 33 heavy (non-hydrogen) atoms. The monoisotopic (exact) mass is 459 g/mol. The second-order valence-corrected chi connectivity index (χ2v) is 8.27. The van der Waals surface area contributed by atoms with Gasteiger partial charge in [0.05, 0.1) is 22.7 Å². The Balaban J connectivity index is 1.24. The third-order valence-electron chi connectivity index (χ3n) is 5.12. The van der Waals surface area contributed by atoms with Crippen LogP contribution in [0.5, 0.6) is 0 Å². The molecule has 0 fully saturated rings. The Morgan fingerprint density at radius 3 is 2.67 bits per heavy atom. The largest absolute Gasteiger partial charge is 0.323 e. The summed E-state index contributed by atoms with van der Waals surface area (Å²) in [5.41, 5.74) is 3.32. The average Bonchev–Trinajstić information content (AvgIpc) is 3.38. The number of aromatic amines is 1. The molecule has 0 unspecified atom stereocenters. The van der Waals surface area contributed by atoms with E-state index in [0.717, 1.165) is 20.9 Å². The van der Waals surface area contributed by atoms with Crippen LogP contribution in [0.4, 0.5) is 16.2 Å². The number of aromatic nitrogens is 4. The van der Waals surface area contributed by atoms with Gasteiger partial charge in [-0.25, -0.2) is 14.8 Å². The first-order chi connectivity index (χ1) is 16.0. The minimum atomic E-state index is -0.458. The Bertz CT molecular complexity index is 1420. The van der Waals surface area contributed by atoms with Crippen LogP contribution in [0.1, 0.15) is 26.3 Å². The number of fused-ring (bicyclic) bond motifs is 2. The zero-order valence-electron chi connectivity index (χ0n) is 17.3. The number of benzene rings is 2. The lowest BCUT2D eigenvalue weighted by atomic mass is 10.1. The van der Waals surface area contributed by atoms with E-state index in [9.17, 15) is 14.4 Å². The van der Waals surface area contributed by atoms with Crippen molar-refractivity contribution in [1.82, 2.24) is 25.1 Å². The predicted octanol–water partition coefficient (Wildman–Crippen LogP) is 3.52. The molecule has 1 aliphatic rings. The van der Waals surface area contributed by atoms with Crippen LogP contribution in [0, 0.1) is 0 Å². The van der Waals surface area contributed by atoms with E-state index in [0.29, 0.717) is 28.3 Å². The molecule has 0 aliphatic carbocycles. The van der Waals surface area contributed by atoms with Crippen molar-refractivity contribution in [3.05, 3.63) is 71.7 Å². The number of nitrogens with zero attached hydrogens (tertiary/aromatic N) is 4. The quantitative estimate of drug-likeness (QED) is 0.236. The van der Waals surface area contributed by atoms with E-state index in [2.05, 4.69) is 30.8 Å². The van der Waals surface area contributed by atoms with Crippen LogP contribution in [-0.2, 0) is 5.75 Å². The Kier molecular flexibility index (Phi) is 5.23. The first-order valence-corrected chi connectivity index (χ1v) is 10.9. The molecule has 0 saturated heterocycles. The maximum absolute atomic E-state index is 12.5. The van der Waals surface area contributed by atoms with Gasteiger partial charge in [0.25, 0.3) is 11.8 Å². The van der Waals surface area contributed by atoms with Gasteiger partial charge in [-0.05, 0) is 35.9 Å². The second kappa shape index (κ2) is 8.36. The first-order valence-electron chi connectivity index (χ1n) is 9.90. The Morgan fingerprint density at radius 1 is 1.03 bits per heavy atom. The summed E-state index contributed by atoms with van der Waals surface area (Å²) in [7, 11) is 1.43. The molecule has 0 atom stereocenters. The predicted molar refractivity (Wildman–Crippen MR) is 123 cm³/mol. The highest BCUT2D eigenvalue weighted by Crippen LogP contribution is 2.27. The maximum Gasteiger partial charge on any atom is 0.323 e. The zero-order chi connectivity index (χ0) is 22.9. The van der Waals surface area contributed by atoms with Crippen LogP contribution in [0.2, 0.25) is 0 Å². The topological polar surface area (TPSA) is 133 Å². The first kappa shape index (κ1) is 20.6. The van der Waals surface area contributed by atoms with Gasteiger partial charge < -0.3 is 10.6 Å². The van der Waals surface area contributed by atoms with Gasteiger partial charge in [0.15, 0.2) is 5.65 Å². The maximum atomic E-state index is 12.5. The van der Waals surface area contributed by atoms with E-state index >= 15 is 0 Å². The molecule has 0 saturated carbocycles. The third-order valence-corrected chi connectivity index (χ3v) is 6.20. The summed E-state index contributed by atoms with van der Waals surface area (Å²) < 4.78 is 0. The number of nitrogens with one attached hydrogen (secondary N) is 3. The standard InChI is InChI=1S/C22H17N7O3S/c1-29-20(30)15-6-5-14(8-16(15)21(29)31)27-22(32)26-13-4-2-3-12(7-13)10-33-19-17-9-25-28-18(17)23-11-24-19/h2-9,11H,10H2,1H3,(H2,26,27,32)(H,23,24,25,28). The van der Waals surface area contributed by atoms with E-state index in [1.165, 1.54) is 25.5 Å². The molecular formula is C22H17N7O3S. The van der Waals surface area contributed by atoms with Crippen LogP contribution in [0.25, 0.3) is 11.0 Å². The van der Waals surface area contributed by atoms with Crippen LogP contribution >= 0.6 is 11.8 Å². The Hall–Kier alpha value is -4.25. The van der Waals surface area contributed by atoms with Gasteiger partial charge >= 0.3 is 6.03 Å². The molecule has 2 aromatic heterocycles. The number of thioether (sulfide) groups is 1. The van der Waals surface area contributed by atoms with Gasteiger partial charge in [-0.1, -0.05) is 12.1 Å². The van der Waals surface area contributed by atoms with Crippen molar-refractivity contribution in [3.63, 3.8) is 0 Å². The normalized spacial score (nSPS) is 12.8. The molecule has 10 nitrogen and oxygen atoms in total. The van der Waals surface area contributed by atoms with Crippen molar-refractivity contribution in [2.75, 3.05) is 17.7 Å². The lowest BCUT2D eigenvalue weighted by Gasteiger charge is -2.10. The van der Waals surface area contributed by atoms with Crippen molar-refractivity contribution in [2.45, 2.75) is 10.8 Å². The molecular weight excluding hydrogens is 442 g/mol. The van der Waals surface area contributed by atoms with E-state index in [1.54, 1.807) is 30.1 Å². The van der Waals surface area contributed by atoms with Crippen LogP contribution in [0.3, 0.4) is 0 Å². The minimum Gasteiger partial charge on any atom is -0.308 e. The fourth-order valence-electron chi connectivity index (χ4n) is 3.48. The fourth-order valence-corrected chi connectivity index (χ4v) is 4.39. The highest BCUT2D eigenvalue weighted by Gasteiger charge is 2.32. The van der Waals surface area contributed by atoms with Crippen molar-refractivity contribution >= 4 is 52.0 Å². The van der Waals surface area contributed by atoms with E-state index in [1.807, 2.05) is 18.2 Å². The highest BCUT2D eigenvalue weighted by atomic mass is 32.2. The van der Waals surface area contributed by atoms with Crippen molar-refractivity contribution in [2.24, 2.45) is 0 Å². The number of carbonyl (C=O) groups is 3. The number of anilines is 2. The number of urea groups is 1. The molecule has 4 amide bonds. The molecule has 164 valence electrons. The molecule has 11 heteroatoms. The number of hydrogen-bond acceptors (Lipinski definition) is 7. The SMILES string of the molecule is CN1C(=O)c2ccc(NC(=O)Nc3cccc(CSc4ncnc5[nH]ncc45)c3)cc2C1=O. The van der Waals surface area contributed by atoms with Gasteiger partial charge in [0.2, 0.25) is 0 Å². The summed E-state index contributed by atoms with van der Waals surface area (Å²) in [6.07, 6.45) is 3.19. The lowest BCUT2D eigenvalue weighted by molar-refractivity contribution is 0.0693. The van der Waals surface area contributed by atoms with E-state index in [-0.39, 0.29) is 17.4 Å². The molecule has 0 bridgehead atoms. The molecule has 0 spiro atoms. The Morgan fingerprint density at radius 2 is 1.82 bits per heavy atom. The van der Waals surface area contributed by atoms with Crippen molar-refractivity contribution in [3.8, 4) is 0 Å². The second-order valence-electron chi connectivity index (χ2n) is 7.31. The highest BCUT2D eigenvalue weighted by molar-refractivity contribution is 7.98. The molecule has 2 aromatic carbocycles. The average molecular weight is 459 g/mol. The van der Waals surface area contributed by atoms with Crippen molar-refractivity contribution in [1.29, 1.82) is 0 Å². The van der Waals surface area contributed by atoms with Gasteiger partial charge in [-0.2, -0.15) is 5.10 Å². The van der Waals surface area contributed by atoms with Crippen LogP contribution in [-0.4, -0.2) is 50.0 Å². The summed E-state index contributed by atoms with van der Waals surface area (Å²) in [5.74, 6) is -0.0973. The summed E-state index contributed by atoms with van der Waals surface area (Å²) >= 11 is 1.55. The number of imide groups is 1. The zero-order valence-corrected chi connectivity index (χ0v) is 18.1. The molecule has 3 heterocycles.